The highest BCUT2D eigenvalue weighted by molar-refractivity contribution is 5.58. The molecule has 3 atom stereocenters. The van der Waals surface area contributed by atoms with Gasteiger partial charge in [-0.15, -0.1) is 0 Å². The number of ether oxygens (including phenoxy) is 1. The number of aliphatic hydroxyl groups excluding tert-OH is 1. The molecular formula is C11H15N5O2. The first kappa shape index (κ1) is 11.4. The number of fused-ring (bicyclic) bond motifs is 1. The molecule has 0 aliphatic carbocycles. The molecule has 1 saturated heterocycles. The van der Waals surface area contributed by atoms with Crippen LogP contribution in [0, 0.1) is 5.92 Å². The van der Waals surface area contributed by atoms with Crippen LogP contribution in [0.15, 0.2) is 12.5 Å². The zero-order chi connectivity index (χ0) is 12.7. The summed E-state index contributed by atoms with van der Waals surface area (Å²) in [6.07, 6.45) is 3.70. The molecule has 0 amide bonds. The lowest BCUT2D eigenvalue weighted by molar-refractivity contribution is 0.00251. The quantitative estimate of drug-likeness (QED) is 0.787. The van der Waals surface area contributed by atoms with Crippen molar-refractivity contribution in [1.82, 2.24) is 19.6 Å². The Morgan fingerprint density at radius 2 is 2.39 bits per heavy atom. The van der Waals surface area contributed by atoms with Gasteiger partial charge in [-0.1, -0.05) is 6.92 Å². The first-order valence-electron chi connectivity index (χ1n) is 5.91. The molecule has 7 nitrogen and oxygen atoms in total. The first-order chi connectivity index (χ1) is 8.70. The predicted molar refractivity (Wildman–Crippen MR) is 63.7 cm³/mol. The van der Waals surface area contributed by atoms with E-state index in [0.29, 0.717) is 17.4 Å². The standard InChI is InChI=1S/C11H15N5O2/c1-6-2-7(4-17)18-9(6)8-3-13-11-10(12)14-5-15-16(8)11/h3,5-7,9,17H,2,4H2,1H3,(H2,12,14,15). The molecule has 2 aromatic heterocycles. The molecule has 7 heteroatoms. The smallest absolute Gasteiger partial charge is 0.196 e. The fourth-order valence-corrected chi connectivity index (χ4v) is 2.46. The van der Waals surface area contributed by atoms with E-state index in [2.05, 4.69) is 22.0 Å². The van der Waals surface area contributed by atoms with Crippen molar-refractivity contribution in [2.45, 2.75) is 25.6 Å². The third-order valence-corrected chi connectivity index (χ3v) is 3.34. The summed E-state index contributed by atoms with van der Waals surface area (Å²) in [6, 6.07) is 0. The molecule has 3 rings (SSSR count). The number of imidazole rings is 1. The van der Waals surface area contributed by atoms with E-state index in [-0.39, 0.29) is 18.8 Å². The topological polar surface area (TPSA) is 98.6 Å². The SMILES string of the molecule is CC1CC(CO)OC1c1cnc2c(N)ncnn12. The second-order valence-electron chi connectivity index (χ2n) is 4.64. The molecule has 0 bridgehead atoms. The van der Waals surface area contributed by atoms with Crippen molar-refractivity contribution in [3.63, 3.8) is 0 Å². The van der Waals surface area contributed by atoms with Gasteiger partial charge in [0.25, 0.3) is 0 Å². The van der Waals surface area contributed by atoms with Crippen LogP contribution in [-0.2, 0) is 4.74 Å². The summed E-state index contributed by atoms with van der Waals surface area (Å²) in [7, 11) is 0. The molecule has 3 heterocycles. The molecule has 1 aliphatic rings. The van der Waals surface area contributed by atoms with Gasteiger partial charge in [-0.25, -0.2) is 14.5 Å². The van der Waals surface area contributed by atoms with Crippen LogP contribution >= 0.6 is 0 Å². The molecule has 0 spiro atoms. The van der Waals surface area contributed by atoms with Gasteiger partial charge in [0.1, 0.15) is 12.4 Å². The maximum Gasteiger partial charge on any atom is 0.196 e. The van der Waals surface area contributed by atoms with Gasteiger partial charge in [-0.2, -0.15) is 5.10 Å². The molecule has 2 aromatic rings. The summed E-state index contributed by atoms with van der Waals surface area (Å²) < 4.78 is 7.46. The molecule has 0 radical (unpaired) electrons. The molecule has 0 aromatic carbocycles. The molecule has 1 fully saturated rings. The van der Waals surface area contributed by atoms with Crippen LogP contribution in [0.5, 0.6) is 0 Å². The summed E-state index contributed by atoms with van der Waals surface area (Å²) >= 11 is 0. The average Bonchev–Trinajstić information content (AvgIpc) is 2.93. The number of nitrogens with two attached hydrogens (primary N) is 1. The molecule has 1 aliphatic heterocycles. The maximum absolute atomic E-state index is 9.16. The minimum atomic E-state index is -0.119. The van der Waals surface area contributed by atoms with Crippen LogP contribution in [0.2, 0.25) is 0 Å². The lowest BCUT2D eigenvalue weighted by atomic mass is 10.00. The maximum atomic E-state index is 9.16. The highest BCUT2D eigenvalue weighted by atomic mass is 16.5. The highest BCUT2D eigenvalue weighted by Crippen LogP contribution is 2.37. The Bertz CT molecular complexity index is 570. The van der Waals surface area contributed by atoms with Crippen molar-refractivity contribution < 1.29 is 9.84 Å². The lowest BCUT2D eigenvalue weighted by Crippen LogP contribution is -2.12. The minimum Gasteiger partial charge on any atom is -0.394 e. The van der Waals surface area contributed by atoms with E-state index in [0.717, 1.165) is 12.1 Å². The van der Waals surface area contributed by atoms with Gasteiger partial charge in [0.15, 0.2) is 11.5 Å². The number of hydrogen-bond donors (Lipinski definition) is 2. The van der Waals surface area contributed by atoms with E-state index in [1.807, 2.05) is 0 Å². The molecule has 96 valence electrons. The molecule has 3 N–H and O–H groups in total. The highest BCUT2D eigenvalue weighted by Gasteiger charge is 2.35. The summed E-state index contributed by atoms with van der Waals surface area (Å²) in [5.74, 6) is 0.652. The summed E-state index contributed by atoms with van der Waals surface area (Å²) in [5.41, 5.74) is 7.13. The molecule has 18 heavy (non-hydrogen) atoms. The van der Waals surface area contributed by atoms with Crippen molar-refractivity contribution in [3.8, 4) is 0 Å². The number of nitrogens with zero attached hydrogens (tertiary/aromatic N) is 4. The van der Waals surface area contributed by atoms with Crippen molar-refractivity contribution in [3.05, 3.63) is 18.2 Å². The second kappa shape index (κ2) is 4.18. The zero-order valence-electron chi connectivity index (χ0n) is 10.0. The van der Waals surface area contributed by atoms with Crippen LogP contribution in [0.25, 0.3) is 5.65 Å². The summed E-state index contributed by atoms with van der Waals surface area (Å²) in [5, 5.41) is 13.3. The average molecular weight is 249 g/mol. The second-order valence-corrected chi connectivity index (χ2v) is 4.64. The Kier molecular flexibility index (Phi) is 2.64. The van der Waals surface area contributed by atoms with Gasteiger partial charge < -0.3 is 15.6 Å². The molecular weight excluding hydrogens is 234 g/mol. The third kappa shape index (κ3) is 1.63. The summed E-state index contributed by atoms with van der Waals surface area (Å²) in [4.78, 5) is 8.12. The van der Waals surface area contributed by atoms with E-state index >= 15 is 0 Å². The van der Waals surface area contributed by atoms with Crippen LogP contribution in [0.1, 0.15) is 25.1 Å². The largest absolute Gasteiger partial charge is 0.394 e. The minimum absolute atomic E-state index is 0.0364. The van der Waals surface area contributed by atoms with Gasteiger partial charge in [0.05, 0.1) is 24.6 Å². The van der Waals surface area contributed by atoms with Crippen molar-refractivity contribution in [1.29, 1.82) is 0 Å². The molecule has 3 unspecified atom stereocenters. The van der Waals surface area contributed by atoms with E-state index in [1.54, 1.807) is 10.7 Å². The monoisotopic (exact) mass is 249 g/mol. The normalized spacial score (nSPS) is 28.0. The van der Waals surface area contributed by atoms with Gasteiger partial charge in [0, 0.05) is 0 Å². The van der Waals surface area contributed by atoms with Crippen LogP contribution in [-0.4, -0.2) is 37.4 Å². The number of nitrogen functional groups attached to an aromatic ring is 1. The van der Waals surface area contributed by atoms with Crippen LogP contribution < -0.4 is 5.73 Å². The van der Waals surface area contributed by atoms with E-state index in [4.69, 9.17) is 15.6 Å². The van der Waals surface area contributed by atoms with Crippen LogP contribution in [0.4, 0.5) is 5.82 Å². The Hall–Kier alpha value is -1.73. The van der Waals surface area contributed by atoms with Gasteiger partial charge in [-0.3, -0.25) is 0 Å². The number of rotatable bonds is 2. The van der Waals surface area contributed by atoms with E-state index < -0.39 is 0 Å². The number of aliphatic hydroxyl groups is 1. The van der Waals surface area contributed by atoms with Crippen LogP contribution in [0.3, 0.4) is 0 Å². The Labute approximate surface area is 104 Å². The number of aromatic nitrogens is 4. The Morgan fingerprint density at radius 1 is 1.56 bits per heavy atom. The van der Waals surface area contributed by atoms with Gasteiger partial charge >= 0.3 is 0 Å². The fourth-order valence-electron chi connectivity index (χ4n) is 2.46. The fraction of sp³-hybridized carbons (Fsp3) is 0.545. The zero-order valence-corrected chi connectivity index (χ0v) is 10.0. The van der Waals surface area contributed by atoms with Crippen molar-refractivity contribution in [2.24, 2.45) is 5.92 Å². The predicted octanol–water partition coefficient (Wildman–Crippen LogP) is 0.165. The first-order valence-corrected chi connectivity index (χ1v) is 5.91. The molecule has 0 saturated carbocycles. The Balaban J connectivity index is 2.02. The van der Waals surface area contributed by atoms with Gasteiger partial charge in [0.2, 0.25) is 0 Å². The van der Waals surface area contributed by atoms with Crippen molar-refractivity contribution >= 4 is 11.5 Å². The number of anilines is 1. The summed E-state index contributed by atoms with van der Waals surface area (Å²) in [6.45, 7) is 2.12. The van der Waals surface area contributed by atoms with E-state index in [9.17, 15) is 0 Å². The Morgan fingerprint density at radius 3 is 3.11 bits per heavy atom. The number of hydrogen-bond acceptors (Lipinski definition) is 6. The third-order valence-electron chi connectivity index (χ3n) is 3.34. The van der Waals surface area contributed by atoms with Gasteiger partial charge in [-0.05, 0) is 12.3 Å². The van der Waals surface area contributed by atoms with Crippen molar-refractivity contribution in [2.75, 3.05) is 12.3 Å². The lowest BCUT2D eigenvalue weighted by Gasteiger charge is -2.14. The van der Waals surface area contributed by atoms with E-state index in [1.165, 1.54) is 6.33 Å².